The SMILES string of the molecule is CC(C)(C)OC(=O)N[C@H]1[C@@H]2CN(C(=O)Nc3ccc(C(F)(F)F)cc3)C[C@@H]21. The Bertz CT molecular complexity index is 716. The van der Waals surface area contributed by atoms with Crippen molar-refractivity contribution < 1.29 is 27.5 Å². The number of anilines is 1. The lowest BCUT2D eigenvalue weighted by Crippen LogP contribution is -2.40. The van der Waals surface area contributed by atoms with Gasteiger partial charge in [-0.1, -0.05) is 0 Å². The molecule has 2 fully saturated rings. The minimum atomic E-state index is -4.41. The van der Waals surface area contributed by atoms with Crippen LogP contribution in [0.15, 0.2) is 24.3 Å². The van der Waals surface area contributed by atoms with Crippen LogP contribution >= 0.6 is 0 Å². The Labute approximate surface area is 155 Å². The summed E-state index contributed by atoms with van der Waals surface area (Å²) in [6.45, 7) is 6.32. The normalized spacial score (nSPS) is 24.2. The number of carbonyl (C=O) groups is 2. The first-order valence-corrected chi connectivity index (χ1v) is 8.67. The Morgan fingerprint density at radius 3 is 2.11 bits per heavy atom. The summed E-state index contributed by atoms with van der Waals surface area (Å²) >= 11 is 0. The number of urea groups is 1. The fraction of sp³-hybridized carbons (Fsp3) is 0.556. The summed E-state index contributed by atoms with van der Waals surface area (Å²) in [5.41, 5.74) is -1.03. The minimum absolute atomic E-state index is 0.00466. The predicted molar refractivity (Wildman–Crippen MR) is 92.2 cm³/mol. The summed E-state index contributed by atoms with van der Waals surface area (Å²) in [5.74, 6) is 0.353. The molecule has 3 atom stereocenters. The number of carbonyl (C=O) groups excluding carboxylic acids is 2. The lowest BCUT2D eigenvalue weighted by atomic mass is 10.2. The van der Waals surface area contributed by atoms with Crippen molar-refractivity contribution in [2.75, 3.05) is 18.4 Å². The molecule has 1 aliphatic heterocycles. The van der Waals surface area contributed by atoms with Crippen LogP contribution in [0.2, 0.25) is 0 Å². The van der Waals surface area contributed by atoms with E-state index in [1.54, 1.807) is 25.7 Å². The Balaban J connectivity index is 1.46. The summed E-state index contributed by atoms with van der Waals surface area (Å²) < 4.78 is 42.9. The predicted octanol–water partition coefficient (Wildman–Crippen LogP) is 3.69. The van der Waals surface area contributed by atoms with E-state index < -0.39 is 23.4 Å². The van der Waals surface area contributed by atoms with Gasteiger partial charge in [0.15, 0.2) is 0 Å². The minimum Gasteiger partial charge on any atom is -0.444 e. The first kappa shape index (κ1) is 19.3. The van der Waals surface area contributed by atoms with E-state index in [9.17, 15) is 22.8 Å². The number of alkyl carbamates (subject to hydrolysis) is 1. The largest absolute Gasteiger partial charge is 0.444 e. The van der Waals surface area contributed by atoms with Gasteiger partial charge in [0.05, 0.1) is 5.56 Å². The fourth-order valence-corrected chi connectivity index (χ4v) is 3.30. The van der Waals surface area contributed by atoms with Crippen LogP contribution in [-0.4, -0.2) is 41.8 Å². The molecule has 27 heavy (non-hydrogen) atoms. The summed E-state index contributed by atoms with van der Waals surface area (Å²) in [5, 5.41) is 5.41. The maximum Gasteiger partial charge on any atom is 0.416 e. The van der Waals surface area contributed by atoms with Crippen molar-refractivity contribution in [3.63, 3.8) is 0 Å². The first-order chi connectivity index (χ1) is 12.4. The van der Waals surface area contributed by atoms with Crippen molar-refractivity contribution in [1.29, 1.82) is 0 Å². The van der Waals surface area contributed by atoms with E-state index in [4.69, 9.17) is 4.74 Å². The third-order valence-electron chi connectivity index (χ3n) is 4.63. The van der Waals surface area contributed by atoms with E-state index in [0.717, 1.165) is 12.1 Å². The van der Waals surface area contributed by atoms with Crippen molar-refractivity contribution in [2.24, 2.45) is 11.8 Å². The molecule has 2 N–H and O–H groups in total. The number of amides is 3. The Morgan fingerprint density at radius 2 is 1.63 bits per heavy atom. The number of rotatable bonds is 2. The highest BCUT2D eigenvalue weighted by atomic mass is 19.4. The average Bonchev–Trinajstić information content (AvgIpc) is 2.96. The number of piperidine rings is 1. The van der Waals surface area contributed by atoms with Crippen molar-refractivity contribution in [1.82, 2.24) is 10.2 Å². The van der Waals surface area contributed by atoms with E-state index in [-0.39, 0.29) is 23.9 Å². The van der Waals surface area contributed by atoms with Crippen LogP contribution in [0.1, 0.15) is 26.3 Å². The number of alkyl halides is 3. The zero-order valence-corrected chi connectivity index (χ0v) is 15.3. The standard InChI is InChI=1S/C18H22F3N3O3/c1-17(2,3)27-16(26)23-14-12-8-24(9-13(12)14)15(25)22-11-6-4-10(5-7-11)18(19,20)21/h4-7,12-14H,8-9H2,1-3H3,(H,22,25)(H,23,26)/t12-,13+,14+. The maximum atomic E-state index is 12.6. The molecule has 1 heterocycles. The van der Waals surface area contributed by atoms with Gasteiger partial charge in [-0.05, 0) is 45.0 Å². The monoisotopic (exact) mass is 385 g/mol. The molecular formula is C18H22F3N3O3. The van der Waals surface area contributed by atoms with Gasteiger partial charge in [0.1, 0.15) is 5.60 Å². The Morgan fingerprint density at radius 1 is 1.07 bits per heavy atom. The highest BCUT2D eigenvalue weighted by Gasteiger charge is 2.57. The third-order valence-corrected chi connectivity index (χ3v) is 4.63. The van der Waals surface area contributed by atoms with E-state index in [2.05, 4.69) is 10.6 Å². The first-order valence-electron chi connectivity index (χ1n) is 8.67. The van der Waals surface area contributed by atoms with Gasteiger partial charge in [-0.15, -0.1) is 0 Å². The number of ether oxygens (including phenoxy) is 1. The number of nitrogens with one attached hydrogen (secondary N) is 2. The van der Waals surface area contributed by atoms with Crippen LogP contribution in [0.5, 0.6) is 0 Å². The van der Waals surface area contributed by atoms with E-state index in [1.807, 2.05) is 0 Å². The van der Waals surface area contributed by atoms with E-state index in [0.29, 0.717) is 18.8 Å². The quantitative estimate of drug-likeness (QED) is 0.816. The fourth-order valence-electron chi connectivity index (χ4n) is 3.30. The van der Waals surface area contributed by atoms with Crippen LogP contribution in [0.3, 0.4) is 0 Å². The van der Waals surface area contributed by atoms with Crippen molar-refractivity contribution >= 4 is 17.8 Å². The molecule has 0 radical (unpaired) electrons. The molecule has 6 nitrogen and oxygen atoms in total. The topological polar surface area (TPSA) is 70.7 Å². The number of nitrogens with zero attached hydrogens (tertiary/aromatic N) is 1. The van der Waals surface area contributed by atoms with Crippen LogP contribution in [-0.2, 0) is 10.9 Å². The molecule has 0 aromatic heterocycles. The van der Waals surface area contributed by atoms with Gasteiger partial charge in [0.25, 0.3) is 0 Å². The molecule has 0 spiro atoms. The number of hydrogen-bond acceptors (Lipinski definition) is 3. The zero-order valence-electron chi connectivity index (χ0n) is 15.3. The van der Waals surface area contributed by atoms with Gasteiger partial charge in [-0.3, -0.25) is 0 Å². The second-order valence-electron chi connectivity index (χ2n) is 7.91. The number of likely N-dealkylation sites (tertiary alicyclic amines) is 1. The summed E-state index contributed by atoms with van der Waals surface area (Å²) in [6.07, 6.45) is -4.88. The summed E-state index contributed by atoms with van der Waals surface area (Å²) in [4.78, 5) is 25.6. The molecule has 1 aromatic rings. The van der Waals surface area contributed by atoms with Crippen molar-refractivity contribution in [2.45, 2.75) is 38.6 Å². The molecule has 1 saturated heterocycles. The molecule has 148 valence electrons. The van der Waals surface area contributed by atoms with Crippen LogP contribution in [0.4, 0.5) is 28.4 Å². The van der Waals surface area contributed by atoms with Gasteiger partial charge in [-0.2, -0.15) is 13.2 Å². The molecule has 9 heteroatoms. The summed E-state index contributed by atoms with van der Waals surface area (Å²) in [7, 11) is 0. The second kappa shape index (κ2) is 6.61. The van der Waals surface area contributed by atoms with E-state index >= 15 is 0 Å². The highest BCUT2D eigenvalue weighted by Crippen LogP contribution is 2.45. The number of benzene rings is 1. The van der Waals surface area contributed by atoms with Crippen molar-refractivity contribution in [3.05, 3.63) is 29.8 Å². The van der Waals surface area contributed by atoms with Gasteiger partial charge >= 0.3 is 18.3 Å². The van der Waals surface area contributed by atoms with Gasteiger partial charge < -0.3 is 20.3 Å². The lowest BCUT2D eigenvalue weighted by Gasteiger charge is -2.22. The number of hydrogen-bond donors (Lipinski definition) is 2. The lowest BCUT2D eigenvalue weighted by molar-refractivity contribution is -0.137. The molecule has 2 aliphatic rings. The Hall–Kier alpha value is -2.45. The molecule has 3 amide bonds. The third kappa shape index (κ3) is 4.64. The molecule has 0 bridgehead atoms. The molecule has 1 aromatic carbocycles. The smallest absolute Gasteiger partial charge is 0.416 e. The Kier molecular flexibility index (Phi) is 4.73. The molecule has 1 saturated carbocycles. The molecular weight excluding hydrogens is 363 g/mol. The van der Waals surface area contributed by atoms with Crippen LogP contribution in [0.25, 0.3) is 0 Å². The molecule has 0 unspecified atom stereocenters. The van der Waals surface area contributed by atoms with Gasteiger partial charge in [0.2, 0.25) is 0 Å². The van der Waals surface area contributed by atoms with Crippen LogP contribution < -0.4 is 10.6 Å². The maximum absolute atomic E-state index is 12.6. The van der Waals surface area contributed by atoms with Gasteiger partial charge in [-0.25, -0.2) is 9.59 Å². The van der Waals surface area contributed by atoms with Crippen molar-refractivity contribution in [3.8, 4) is 0 Å². The molecule has 1 aliphatic carbocycles. The highest BCUT2D eigenvalue weighted by molar-refractivity contribution is 5.89. The van der Waals surface area contributed by atoms with E-state index in [1.165, 1.54) is 12.1 Å². The zero-order chi connectivity index (χ0) is 20.0. The average molecular weight is 385 g/mol. The summed E-state index contributed by atoms with van der Waals surface area (Å²) in [6, 6.07) is 3.94. The molecule has 3 rings (SSSR count). The number of halogens is 3. The van der Waals surface area contributed by atoms with Crippen LogP contribution in [0, 0.1) is 11.8 Å². The number of fused-ring (bicyclic) bond motifs is 1. The van der Waals surface area contributed by atoms with Gasteiger partial charge in [0, 0.05) is 36.7 Å². The second-order valence-corrected chi connectivity index (χ2v) is 7.91.